The van der Waals surface area contributed by atoms with Crippen molar-refractivity contribution in [2.24, 2.45) is 0 Å². The number of nitrogen functional groups attached to an aromatic ring is 1. The van der Waals surface area contributed by atoms with Gasteiger partial charge in [0, 0.05) is 13.1 Å². The lowest BCUT2D eigenvalue weighted by Gasteiger charge is -2.27. The van der Waals surface area contributed by atoms with E-state index in [1.165, 1.54) is 29.5 Å². The first-order chi connectivity index (χ1) is 13.6. The van der Waals surface area contributed by atoms with E-state index in [-0.39, 0.29) is 15.6 Å². The third-order valence-corrected chi connectivity index (χ3v) is 6.54. The van der Waals surface area contributed by atoms with Crippen LogP contribution in [0.4, 0.5) is 11.8 Å². The lowest BCUT2D eigenvalue weighted by Crippen LogP contribution is -2.30. The Morgan fingerprint density at radius 3 is 2.25 bits per heavy atom. The summed E-state index contributed by atoms with van der Waals surface area (Å²) in [5, 5.41) is 0. The van der Waals surface area contributed by atoms with Crippen LogP contribution in [0.3, 0.4) is 0 Å². The summed E-state index contributed by atoms with van der Waals surface area (Å²) in [5.41, 5.74) is 8.50. The van der Waals surface area contributed by atoms with Gasteiger partial charge in [0.15, 0.2) is 0 Å². The van der Waals surface area contributed by atoms with E-state index in [2.05, 4.69) is 28.2 Å². The molecule has 3 aromatic rings. The van der Waals surface area contributed by atoms with Crippen LogP contribution in [0.25, 0.3) is 5.57 Å². The predicted octanol–water partition coefficient (Wildman–Crippen LogP) is 3.19. The van der Waals surface area contributed by atoms with Gasteiger partial charge in [-0.25, -0.2) is 13.4 Å². The SMILES string of the molecule is Nc1nc(N2CC=C(c3ccccc3)CC2)ncc1S(=O)(=O)c1ccccc1. The fraction of sp³-hybridized carbons (Fsp3) is 0.143. The number of nitrogens with two attached hydrogens (primary N) is 1. The minimum atomic E-state index is -3.74. The molecule has 7 heteroatoms. The van der Waals surface area contributed by atoms with Gasteiger partial charge in [-0.05, 0) is 29.7 Å². The average molecular weight is 392 g/mol. The summed E-state index contributed by atoms with van der Waals surface area (Å²) in [7, 11) is -3.74. The minimum absolute atomic E-state index is 0.0355. The number of nitrogens with zero attached hydrogens (tertiary/aromatic N) is 3. The zero-order valence-corrected chi connectivity index (χ0v) is 16.0. The molecule has 0 saturated carbocycles. The summed E-state index contributed by atoms with van der Waals surface area (Å²) in [6.07, 6.45) is 4.31. The molecule has 1 aliphatic rings. The van der Waals surface area contributed by atoms with Crippen LogP contribution in [-0.4, -0.2) is 31.5 Å². The lowest BCUT2D eigenvalue weighted by atomic mass is 10.00. The first kappa shape index (κ1) is 18.2. The molecular weight excluding hydrogens is 372 g/mol. The molecular formula is C21H20N4O2S. The highest BCUT2D eigenvalue weighted by Crippen LogP contribution is 2.27. The van der Waals surface area contributed by atoms with Gasteiger partial charge in [-0.15, -0.1) is 0 Å². The number of benzene rings is 2. The van der Waals surface area contributed by atoms with Crippen molar-refractivity contribution < 1.29 is 8.42 Å². The molecule has 2 aromatic carbocycles. The largest absolute Gasteiger partial charge is 0.382 e. The van der Waals surface area contributed by atoms with Crippen LogP contribution in [0.1, 0.15) is 12.0 Å². The molecule has 0 aliphatic carbocycles. The lowest BCUT2D eigenvalue weighted by molar-refractivity contribution is 0.595. The highest BCUT2D eigenvalue weighted by atomic mass is 32.2. The van der Waals surface area contributed by atoms with Crippen molar-refractivity contribution in [1.29, 1.82) is 0 Å². The number of sulfone groups is 1. The topological polar surface area (TPSA) is 89.2 Å². The number of aromatic nitrogens is 2. The second-order valence-electron chi connectivity index (χ2n) is 6.53. The monoisotopic (exact) mass is 392 g/mol. The van der Waals surface area contributed by atoms with E-state index in [0.717, 1.165) is 13.0 Å². The summed E-state index contributed by atoms with van der Waals surface area (Å²) >= 11 is 0. The number of hydrogen-bond donors (Lipinski definition) is 1. The van der Waals surface area contributed by atoms with Crippen LogP contribution in [0.15, 0.2) is 82.7 Å². The molecule has 28 heavy (non-hydrogen) atoms. The Hall–Kier alpha value is -3.19. The van der Waals surface area contributed by atoms with Crippen molar-refractivity contribution in [1.82, 2.24) is 9.97 Å². The van der Waals surface area contributed by atoms with Gasteiger partial charge >= 0.3 is 0 Å². The van der Waals surface area contributed by atoms with Crippen molar-refractivity contribution in [3.63, 3.8) is 0 Å². The Balaban J connectivity index is 1.57. The van der Waals surface area contributed by atoms with Gasteiger partial charge in [0.25, 0.3) is 0 Å². The first-order valence-electron chi connectivity index (χ1n) is 8.98. The zero-order valence-electron chi connectivity index (χ0n) is 15.2. The molecule has 2 heterocycles. The standard InChI is InChI=1S/C21H20N4O2S/c22-20-19(28(26,27)18-9-5-2-6-10-18)15-23-21(24-20)25-13-11-17(12-14-25)16-7-3-1-4-8-16/h1-11,15H,12-14H2,(H2,22,23,24). The van der Waals surface area contributed by atoms with E-state index in [9.17, 15) is 8.42 Å². The molecule has 0 bridgehead atoms. The molecule has 6 nitrogen and oxygen atoms in total. The van der Waals surface area contributed by atoms with Crippen molar-refractivity contribution in [3.8, 4) is 0 Å². The van der Waals surface area contributed by atoms with Crippen LogP contribution in [-0.2, 0) is 9.84 Å². The maximum atomic E-state index is 12.8. The average Bonchev–Trinajstić information content (AvgIpc) is 2.75. The molecule has 0 saturated heterocycles. The van der Waals surface area contributed by atoms with Gasteiger partial charge in [0.2, 0.25) is 15.8 Å². The number of rotatable bonds is 4. The van der Waals surface area contributed by atoms with Gasteiger partial charge in [0.1, 0.15) is 10.7 Å². The second kappa shape index (κ2) is 7.44. The molecule has 0 unspecified atom stereocenters. The first-order valence-corrected chi connectivity index (χ1v) is 10.5. The summed E-state index contributed by atoms with van der Waals surface area (Å²) in [6, 6.07) is 18.4. The fourth-order valence-corrected chi connectivity index (χ4v) is 4.51. The van der Waals surface area contributed by atoms with Gasteiger partial charge in [0.05, 0.1) is 11.1 Å². The van der Waals surface area contributed by atoms with Gasteiger partial charge < -0.3 is 10.6 Å². The molecule has 142 valence electrons. The summed E-state index contributed by atoms with van der Waals surface area (Å²) in [5.74, 6) is 0.402. The van der Waals surface area contributed by atoms with Crippen LogP contribution < -0.4 is 10.6 Å². The Bertz CT molecular complexity index is 1110. The second-order valence-corrected chi connectivity index (χ2v) is 8.45. The van der Waals surface area contributed by atoms with Crippen LogP contribution in [0, 0.1) is 0 Å². The Morgan fingerprint density at radius 1 is 0.964 bits per heavy atom. The van der Waals surface area contributed by atoms with Crippen molar-refractivity contribution >= 4 is 27.2 Å². The third kappa shape index (κ3) is 3.48. The molecule has 2 N–H and O–H groups in total. The van der Waals surface area contributed by atoms with E-state index < -0.39 is 9.84 Å². The summed E-state index contributed by atoms with van der Waals surface area (Å²) < 4.78 is 25.5. The fourth-order valence-electron chi connectivity index (χ4n) is 3.23. The Kier molecular flexibility index (Phi) is 4.83. The van der Waals surface area contributed by atoms with Crippen molar-refractivity contribution in [3.05, 3.63) is 78.5 Å². The van der Waals surface area contributed by atoms with Gasteiger partial charge in [-0.2, -0.15) is 4.98 Å². The molecule has 1 aliphatic heterocycles. The molecule has 0 amide bonds. The smallest absolute Gasteiger partial charge is 0.227 e. The normalized spacial score (nSPS) is 14.6. The number of hydrogen-bond acceptors (Lipinski definition) is 6. The highest BCUT2D eigenvalue weighted by molar-refractivity contribution is 7.91. The predicted molar refractivity (Wildman–Crippen MR) is 110 cm³/mol. The van der Waals surface area contributed by atoms with Crippen LogP contribution >= 0.6 is 0 Å². The quantitative estimate of drug-likeness (QED) is 0.733. The van der Waals surface area contributed by atoms with E-state index >= 15 is 0 Å². The highest BCUT2D eigenvalue weighted by Gasteiger charge is 2.24. The zero-order chi connectivity index (χ0) is 19.6. The van der Waals surface area contributed by atoms with E-state index in [4.69, 9.17) is 5.73 Å². The van der Waals surface area contributed by atoms with Crippen molar-refractivity contribution in [2.45, 2.75) is 16.2 Å². The van der Waals surface area contributed by atoms with Gasteiger partial charge in [-0.3, -0.25) is 0 Å². The Labute approximate surface area is 164 Å². The Morgan fingerprint density at radius 2 is 1.64 bits per heavy atom. The van der Waals surface area contributed by atoms with Gasteiger partial charge in [-0.1, -0.05) is 54.6 Å². The maximum absolute atomic E-state index is 12.8. The summed E-state index contributed by atoms with van der Waals surface area (Å²) in [4.78, 5) is 10.6. The van der Waals surface area contributed by atoms with Crippen molar-refractivity contribution in [2.75, 3.05) is 23.7 Å². The summed E-state index contributed by atoms with van der Waals surface area (Å²) in [6.45, 7) is 1.39. The molecule has 0 radical (unpaired) electrons. The third-order valence-electron chi connectivity index (χ3n) is 4.75. The number of anilines is 2. The molecule has 0 fully saturated rings. The molecule has 4 rings (SSSR count). The minimum Gasteiger partial charge on any atom is -0.382 e. The molecule has 0 atom stereocenters. The van der Waals surface area contributed by atoms with E-state index in [0.29, 0.717) is 12.5 Å². The molecule has 0 spiro atoms. The van der Waals surface area contributed by atoms with Crippen LogP contribution in [0.2, 0.25) is 0 Å². The van der Waals surface area contributed by atoms with Crippen LogP contribution in [0.5, 0.6) is 0 Å². The maximum Gasteiger partial charge on any atom is 0.227 e. The van der Waals surface area contributed by atoms with E-state index in [1.54, 1.807) is 18.2 Å². The van der Waals surface area contributed by atoms with E-state index in [1.807, 2.05) is 23.1 Å². The molecule has 1 aromatic heterocycles.